The van der Waals surface area contributed by atoms with Crippen LogP contribution in [0, 0.1) is 0 Å². The number of H-pyrrole nitrogens is 1. The molecule has 1 aromatic carbocycles. The number of hydrogen-bond donors (Lipinski definition) is 3. The predicted molar refractivity (Wildman–Crippen MR) is 116 cm³/mol. The average Bonchev–Trinajstić information content (AvgIpc) is 3.24. The monoisotopic (exact) mass is 464 g/mol. The summed E-state index contributed by atoms with van der Waals surface area (Å²) in [5, 5.41) is 5.71. The summed E-state index contributed by atoms with van der Waals surface area (Å²) in [6.45, 7) is 4.14. The fourth-order valence-electron chi connectivity index (χ4n) is 3.60. The molecule has 33 heavy (non-hydrogen) atoms. The highest BCUT2D eigenvalue weighted by atomic mass is 19.4. The Morgan fingerprint density at radius 1 is 1.27 bits per heavy atom. The van der Waals surface area contributed by atoms with Crippen molar-refractivity contribution < 1.29 is 27.4 Å². The van der Waals surface area contributed by atoms with Gasteiger partial charge in [0.25, 0.3) is 5.91 Å². The van der Waals surface area contributed by atoms with Gasteiger partial charge in [0.05, 0.1) is 37.0 Å². The van der Waals surface area contributed by atoms with Gasteiger partial charge < -0.3 is 30.0 Å². The molecule has 1 fully saturated rings. The van der Waals surface area contributed by atoms with Gasteiger partial charge in [0.1, 0.15) is 17.2 Å². The minimum Gasteiger partial charge on any atom is -0.495 e. The van der Waals surface area contributed by atoms with Crippen LogP contribution >= 0.6 is 0 Å². The summed E-state index contributed by atoms with van der Waals surface area (Å²) >= 11 is 0. The highest BCUT2D eigenvalue weighted by Crippen LogP contribution is 2.38. The third-order valence-corrected chi connectivity index (χ3v) is 5.17. The molecule has 176 valence electrons. The molecule has 2 aromatic heterocycles. The Bertz CT molecular complexity index is 1160. The predicted octanol–water partition coefficient (Wildman–Crippen LogP) is 3.63. The molecule has 9 nitrogen and oxygen atoms in total. The second-order valence-electron chi connectivity index (χ2n) is 7.29. The number of fused-ring (bicyclic) bond motifs is 1. The fraction of sp³-hybridized carbons (Fsp3) is 0.381. The lowest BCUT2D eigenvalue weighted by atomic mass is 10.1. The maximum atomic E-state index is 13.4. The summed E-state index contributed by atoms with van der Waals surface area (Å²) in [4.78, 5) is 25.5. The van der Waals surface area contributed by atoms with E-state index in [1.807, 2.05) is 0 Å². The van der Waals surface area contributed by atoms with Crippen LogP contribution < -0.4 is 15.4 Å². The van der Waals surface area contributed by atoms with Crippen LogP contribution in [0.3, 0.4) is 0 Å². The average molecular weight is 464 g/mol. The lowest BCUT2D eigenvalue weighted by Crippen LogP contribution is -2.40. The number of hydrogen-bond acceptors (Lipinski definition) is 7. The van der Waals surface area contributed by atoms with Gasteiger partial charge in [-0.05, 0) is 25.1 Å². The molecule has 0 unspecified atom stereocenters. The zero-order chi connectivity index (χ0) is 23.6. The van der Waals surface area contributed by atoms with Crippen molar-refractivity contribution in [2.45, 2.75) is 13.1 Å². The summed E-state index contributed by atoms with van der Waals surface area (Å²) in [5.74, 6) is 0.350. The van der Waals surface area contributed by atoms with Gasteiger partial charge in [0, 0.05) is 31.4 Å². The number of morpholine rings is 1. The molecule has 0 saturated carbocycles. The number of alkyl halides is 3. The first-order chi connectivity index (χ1) is 15.8. The molecule has 0 spiro atoms. The van der Waals surface area contributed by atoms with E-state index in [4.69, 9.17) is 9.47 Å². The second kappa shape index (κ2) is 9.14. The lowest BCUT2D eigenvalue weighted by molar-refractivity contribution is -0.136. The Kier molecular flexibility index (Phi) is 6.27. The highest BCUT2D eigenvalue weighted by Gasteiger charge is 2.35. The number of carbonyl (C=O) groups excluding carboxylic acids is 1. The maximum absolute atomic E-state index is 13.4. The van der Waals surface area contributed by atoms with Crippen molar-refractivity contribution >= 4 is 34.4 Å². The largest absolute Gasteiger partial charge is 0.495 e. The van der Waals surface area contributed by atoms with Gasteiger partial charge in [0.2, 0.25) is 5.95 Å². The number of aromatic nitrogens is 3. The first-order valence-corrected chi connectivity index (χ1v) is 10.3. The molecule has 1 aliphatic rings. The highest BCUT2D eigenvalue weighted by molar-refractivity contribution is 5.96. The molecule has 1 saturated heterocycles. The van der Waals surface area contributed by atoms with Crippen LogP contribution in [0.25, 0.3) is 11.0 Å². The van der Waals surface area contributed by atoms with Gasteiger partial charge in [0.15, 0.2) is 0 Å². The van der Waals surface area contributed by atoms with Crippen molar-refractivity contribution in [1.29, 1.82) is 0 Å². The van der Waals surface area contributed by atoms with Gasteiger partial charge in [-0.15, -0.1) is 0 Å². The van der Waals surface area contributed by atoms with Crippen LogP contribution in [0.2, 0.25) is 0 Å². The number of anilines is 3. The molecule has 3 aromatic rings. The van der Waals surface area contributed by atoms with Crippen LogP contribution in [-0.2, 0) is 10.9 Å². The molecule has 0 bridgehead atoms. The van der Waals surface area contributed by atoms with E-state index in [0.717, 1.165) is 6.20 Å². The quantitative estimate of drug-likeness (QED) is 0.512. The van der Waals surface area contributed by atoms with E-state index >= 15 is 0 Å². The number of nitrogens with zero attached hydrogens (tertiary/aromatic N) is 3. The summed E-state index contributed by atoms with van der Waals surface area (Å²) < 4.78 is 50.9. The van der Waals surface area contributed by atoms with Crippen LogP contribution in [0.4, 0.5) is 30.6 Å². The summed E-state index contributed by atoms with van der Waals surface area (Å²) in [6.07, 6.45) is -3.68. The molecular weight excluding hydrogens is 441 g/mol. The Balaban J connectivity index is 1.65. The van der Waals surface area contributed by atoms with Gasteiger partial charge >= 0.3 is 6.18 Å². The van der Waals surface area contributed by atoms with Gasteiger partial charge in [-0.3, -0.25) is 4.79 Å². The van der Waals surface area contributed by atoms with E-state index in [-0.39, 0.29) is 28.7 Å². The topological polar surface area (TPSA) is 104 Å². The number of ether oxygens (including phenoxy) is 2. The molecule has 0 radical (unpaired) electrons. The van der Waals surface area contributed by atoms with Crippen LogP contribution in [0.1, 0.15) is 22.8 Å². The minimum atomic E-state index is -4.55. The summed E-state index contributed by atoms with van der Waals surface area (Å²) in [6, 6.07) is 4.88. The zero-order valence-electron chi connectivity index (χ0n) is 18.0. The second-order valence-corrected chi connectivity index (χ2v) is 7.29. The van der Waals surface area contributed by atoms with Crippen molar-refractivity contribution in [3.8, 4) is 5.75 Å². The SMILES string of the molecule is CCNc1nc(Nc2ccc(C(=O)N3CCOCC3)cc2OC)nc2[nH]cc(C(F)(F)F)c12. The van der Waals surface area contributed by atoms with E-state index in [1.54, 1.807) is 30.0 Å². The molecule has 0 atom stereocenters. The normalized spacial score (nSPS) is 14.4. The number of nitrogens with one attached hydrogen (secondary N) is 3. The van der Waals surface area contributed by atoms with Crippen molar-refractivity contribution in [2.75, 3.05) is 50.6 Å². The van der Waals surface area contributed by atoms with Gasteiger partial charge in [-0.2, -0.15) is 23.1 Å². The van der Waals surface area contributed by atoms with Crippen molar-refractivity contribution in [2.24, 2.45) is 0 Å². The Hall–Kier alpha value is -3.54. The molecule has 4 rings (SSSR count). The number of halogens is 3. The Labute approximate surface area is 187 Å². The number of methoxy groups -OCH3 is 1. The van der Waals surface area contributed by atoms with Gasteiger partial charge in [-0.25, -0.2) is 0 Å². The summed E-state index contributed by atoms with van der Waals surface area (Å²) in [7, 11) is 1.46. The molecule has 12 heteroatoms. The molecule has 3 heterocycles. The lowest BCUT2D eigenvalue weighted by Gasteiger charge is -2.27. The fourth-order valence-corrected chi connectivity index (χ4v) is 3.60. The van der Waals surface area contributed by atoms with Crippen molar-refractivity contribution in [1.82, 2.24) is 19.9 Å². The van der Waals surface area contributed by atoms with Crippen molar-refractivity contribution in [3.05, 3.63) is 35.5 Å². The van der Waals surface area contributed by atoms with E-state index in [0.29, 0.717) is 49.8 Å². The van der Waals surface area contributed by atoms with E-state index in [2.05, 4.69) is 25.6 Å². The maximum Gasteiger partial charge on any atom is 0.418 e. The van der Waals surface area contributed by atoms with E-state index in [9.17, 15) is 18.0 Å². The Morgan fingerprint density at radius 3 is 2.70 bits per heavy atom. The molecule has 0 aliphatic carbocycles. The summed E-state index contributed by atoms with van der Waals surface area (Å²) in [5.41, 5.74) is 0.0982. The Morgan fingerprint density at radius 2 is 2.03 bits per heavy atom. The number of amides is 1. The van der Waals surface area contributed by atoms with Crippen molar-refractivity contribution in [3.63, 3.8) is 0 Å². The third-order valence-electron chi connectivity index (χ3n) is 5.17. The number of benzene rings is 1. The minimum absolute atomic E-state index is 0.0360. The number of aromatic amines is 1. The van der Waals surface area contributed by atoms with Gasteiger partial charge in [-0.1, -0.05) is 0 Å². The van der Waals surface area contributed by atoms with Crippen LogP contribution in [0.5, 0.6) is 5.75 Å². The number of rotatable bonds is 6. The van der Waals surface area contributed by atoms with E-state index in [1.165, 1.54) is 7.11 Å². The smallest absolute Gasteiger partial charge is 0.418 e. The van der Waals surface area contributed by atoms with Crippen LogP contribution in [0.15, 0.2) is 24.4 Å². The third kappa shape index (κ3) is 4.65. The first kappa shape index (κ1) is 22.6. The molecule has 3 N–H and O–H groups in total. The molecule has 1 amide bonds. The first-order valence-electron chi connectivity index (χ1n) is 10.3. The zero-order valence-corrected chi connectivity index (χ0v) is 18.0. The standard InChI is InChI=1S/C21H23F3N6O3/c1-3-25-17-16-13(21(22,23)24)11-26-18(16)29-20(28-17)27-14-5-4-12(10-15(14)32-2)19(31)30-6-8-33-9-7-30/h4-5,10-11H,3,6-9H2,1-2H3,(H3,25,26,27,28,29). The van der Waals surface area contributed by atoms with Crippen LogP contribution in [-0.4, -0.2) is 65.7 Å². The number of carbonyl (C=O) groups is 1. The van der Waals surface area contributed by atoms with E-state index < -0.39 is 11.7 Å². The molecular formula is C21H23F3N6O3. The molecule has 1 aliphatic heterocycles.